The van der Waals surface area contributed by atoms with E-state index in [2.05, 4.69) is 4.98 Å². The quantitative estimate of drug-likeness (QED) is 0.451. The summed E-state index contributed by atoms with van der Waals surface area (Å²) < 4.78 is 41.9. The Bertz CT molecular complexity index is 1330. The van der Waals surface area contributed by atoms with Crippen molar-refractivity contribution in [2.75, 3.05) is 14.2 Å². The molecule has 2 N–H and O–H groups in total. The van der Waals surface area contributed by atoms with E-state index >= 15 is 0 Å². The van der Waals surface area contributed by atoms with Crippen LogP contribution in [0.15, 0.2) is 82.1 Å². The molecule has 7 nitrogen and oxygen atoms in total. The number of methoxy groups -OCH3 is 2. The van der Waals surface area contributed by atoms with Crippen LogP contribution in [-0.2, 0) is 16.4 Å². The topological polar surface area (TPSA) is 105 Å². The maximum absolute atomic E-state index is 12.3. The molecule has 8 heteroatoms. The molecular formula is C24H22N2O5S. The van der Waals surface area contributed by atoms with E-state index in [-0.39, 0.29) is 4.90 Å². The summed E-state index contributed by atoms with van der Waals surface area (Å²) in [6, 6.07) is 21.5. The van der Waals surface area contributed by atoms with E-state index in [0.29, 0.717) is 46.4 Å². The smallest absolute Gasteiger partial charge is 0.238 e. The van der Waals surface area contributed by atoms with E-state index in [1.807, 2.05) is 30.3 Å². The van der Waals surface area contributed by atoms with Gasteiger partial charge in [-0.05, 0) is 23.8 Å². The monoisotopic (exact) mass is 450 g/mol. The van der Waals surface area contributed by atoms with E-state index < -0.39 is 10.0 Å². The fourth-order valence-electron chi connectivity index (χ4n) is 3.55. The van der Waals surface area contributed by atoms with Crippen molar-refractivity contribution >= 4 is 10.0 Å². The molecule has 0 amide bonds. The van der Waals surface area contributed by atoms with Gasteiger partial charge in [-0.3, -0.25) is 0 Å². The van der Waals surface area contributed by atoms with E-state index in [1.54, 1.807) is 36.4 Å². The average Bonchev–Trinajstić information content (AvgIpc) is 3.21. The predicted octanol–water partition coefficient (Wildman–Crippen LogP) is 4.26. The van der Waals surface area contributed by atoms with Crippen molar-refractivity contribution in [2.45, 2.75) is 11.3 Å². The number of hydrogen-bond acceptors (Lipinski definition) is 6. The molecule has 32 heavy (non-hydrogen) atoms. The Labute approximate surface area is 186 Å². The van der Waals surface area contributed by atoms with Crippen LogP contribution in [0.4, 0.5) is 0 Å². The lowest BCUT2D eigenvalue weighted by molar-refractivity contribution is 0.393. The molecule has 0 fully saturated rings. The molecule has 0 aliphatic rings. The molecule has 0 atom stereocenters. The third kappa shape index (κ3) is 4.23. The number of sulfonamides is 1. The molecule has 3 aromatic carbocycles. The zero-order valence-corrected chi connectivity index (χ0v) is 18.4. The van der Waals surface area contributed by atoms with E-state index in [0.717, 1.165) is 5.56 Å². The van der Waals surface area contributed by atoms with Gasteiger partial charge in [0.2, 0.25) is 10.0 Å². The largest absolute Gasteiger partial charge is 0.496 e. The molecule has 0 spiro atoms. The van der Waals surface area contributed by atoms with Gasteiger partial charge in [-0.1, -0.05) is 54.6 Å². The van der Waals surface area contributed by atoms with Crippen molar-refractivity contribution in [1.82, 2.24) is 4.98 Å². The summed E-state index contributed by atoms with van der Waals surface area (Å²) in [6.07, 6.45) is 0.419. The maximum Gasteiger partial charge on any atom is 0.238 e. The zero-order valence-electron chi connectivity index (χ0n) is 17.6. The number of aromatic nitrogens is 1. The molecule has 0 radical (unpaired) electrons. The molecule has 0 aliphatic carbocycles. The lowest BCUT2D eigenvalue weighted by Crippen LogP contribution is -2.13. The molecule has 164 valence electrons. The molecule has 0 bridgehead atoms. The molecule has 0 saturated carbocycles. The summed E-state index contributed by atoms with van der Waals surface area (Å²) in [7, 11) is -0.927. The number of ether oxygens (including phenoxy) is 2. The van der Waals surface area contributed by atoms with Gasteiger partial charge in [0, 0.05) is 12.0 Å². The normalized spacial score (nSPS) is 11.3. The predicted molar refractivity (Wildman–Crippen MR) is 121 cm³/mol. The second-order valence-corrected chi connectivity index (χ2v) is 8.56. The number of oxazole rings is 1. The number of rotatable bonds is 7. The van der Waals surface area contributed by atoms with Gasteiger partial charge in [0.15, 0.2) is 11.7 Å². The molecule has 4 aromatic rings. The maximum atomic E-state index is 12.3. The molecular weight excluding hydrogens is 428 g/mol. The van der Waals surface area contributed by atoms with Crippen LogP contribution in [0.5, 0.6) is 11.5 Å². The van der Waals surface area contributed by atoms with Gasteiger partial charge >= 0.3 is 0 Å². The molecule has 0 saturated heterocycles. The van der Waals surface area contributed by atoms with Crippen LogP contribution in [0, 0.1) is 0 Å². The van der Waals surface area contributed by atoms with Crippen molar-refractivity contribution in [1.29, 1.82) is 0 Å². The third-order valence-corrected chi connectivity index (χ3v) is 5.94. The minimum atomic E-state index is -4.01. The van der Waals surface area contributed by atoms with Crippen LogP contribution >= 0.6 is 0 Å². The Morgan fingerprint density at radius 1 is 0.875 bits per heavy atom. The van der Waals surface area contributed by atoms with Crippen LogP contribution in [0.2, 0.25) is 0 Å². The standard InChI is InChI=1S/C24H22N2O5S/c1-29-18-12-8-13-19(30-2)22(18)24-23(17-11-6-7-14-20(17)32(25,27)28)26-21(31-24)15-16-9-4-3-5-10-16/h3-14H,15H2,1-2H3,(H2,25,27,28). The van der Waals surface area contributed by atoms with Gasteiger partial charge in [-0.15, -0.1) is 0 Å². The van der Waals surface area contributed by atoms with Crippen molar-refractivity contribution < 1.29 is 22.3 Å². The fourth-order valence-corrected chi connectivity index (χ4v) is 4.29. The van der Waals surface area contributed by atoms with Crippen LogP contribution in [0.1, 0.15) is 11.5 Å². The molecule has 0 unspecified atom stereocenters. The summed E-state index contributed by atoms with van der Waals surface area (Å²) in [6.45, 7) is 0. The van der Waals surface area contributed by atoms with Gasteiger partial charge in [0.1, 0.15) is 22.8 Å². The number of primary sulfonamides is 1. The second-order valence-electron chi connectivity index (χ2n) is 7.03. The van der Waals surface area contributed by atoms with Crippen molar-refractivity contribution in [3.05, 3.63) is 84.3 Å². The van der Waals surface area contributed by atoms with Crippen LogP contribution in [-0.4, -0.2) is 27.6 Å². The van der Waals surface area contributed by atoms with Gasteiger partial charge in [-0.25, -0.2) is 18.5 Å². The highest BCUT2D eigenvalue weighted by atomic mass is 32.2. The van der Waals surface area contributed by atoms with E-state index in [1.165, 1.54) is 20.3 Å². The summed E-state index contributed by atoms with van der Waals surface area (Å²) in [5.74, 6) is 1.75. The SMILES string of the molecule is COc1cccc(OC)c1-c1oc(Cc2ccccc2)nc1-c1ccccc1S(N)(=O)=O. The average molecular weight is 451 g/mol. The first-order valence-corrected chi connectivity index (χ1v) is 11.3. The third-order valence-electron chi connectivity index (χ3n) is 4.97. The summed E-state index contributed by atoms with van der Waals surface area (Å²) >= 11 is 0. The van der Waals surface area contributed by atoms with E-state index in [4.69, 9.17) is 19.0 Å². The highest BCUT2D eigenvalue weighted by Gasteiger charge is 2.27. The van der Waals surface area contributed by atoms with Gasteiger partial charge in [-0.2, -0.15) is 0 Å². The lowest BCUT2D eigenvalue weighted by Gasteiger charge is -2.13. The minimum absolute atomic E-state index is 0.0466. The highest BCUT2D eigenvalue weighted by molar-refractivity contribution is 7.89. The van der Waals surface area contributed by atoms with Crippen LogP contribution in [0.25, 0.3) is 22.6 Å². The summed E-state index contributed by atoms with van der Waals surface area (Å²) in [5.41, 5.74) is 2.20. The Hall–Kier alpha value is -3.62. The second kappa shape index (κ2) is 8.86. The van der Waals surface area contributed by atoms with Gasteiger partial charge in [0.25, 0.3) is 0 Å². The Kier molecular flexibility index (Phi) is 5.98. The van der Waals surface area contributed by atoms with Gasteiger partial charge < -0.3 is 13.9 Å². The Morgan fingerprint density at radius 3 is 2.12 bits per heavy atom. The molecule has 0 aliphatic heterocycles. The molecule has 4 rings (SSSR count). The summed E-state index contributed by atoms with van der Waals surface area (Å²) in [5, 5.41) is 5.49. The minimum Gasteiger partial charge on any atom is -0.496 e. The van der Waals surface area contributed by atoms with Crippen LogP contribution in [0.3, 0.4) is 0 Å². The first-order valence-electron chi connectivity index (χ1n) is 9.79. The van der Waals surface area contributed by atoms with Crippen molar-refractivity contribution in [3.8, 4) is 34.1 Å². The first-order chi connectivity index (χ1) is 15.4. The summed E-state index contributed by atoms with van der Waals surface area (Å²) in [4.78, 5) is 4.63. The Balaban J connectivity index is 1.99. The number of hydrogen-bond donors (Lipinski definition) is 1. The Morgan fingerprint density at radius 2 is 1.50 bits per heavy atom. The highest BCUT2D eigenvalue weighted by Crippen LogP contribution is 2.44. The zero-order chi connectivity index (χ0) is 22.7. The van der Waals surface area contributed by atoms with Gasteiger partial charge in [0.05, 0.1) is 19.1 Å². The molecule has 1 aromatic heterocycles. The molecule has 1 heterocycles. The number of nitrogens with zero attached hydrogens (tertiary/aromatic N) is 1. The first kappa shape index (κ1) is 21.6. The van der Waals surface area contributed by atoms with Crippen molar-refractivity contribution in [3.63, 3.8) is 0 Å². The number of benzene rings is 3. The number of nitrogens with two attached hydrogens (primary N) is 1. The van der Waals surface area contributed by atoms with E-state index in [9.17, 15) is 8.42 Å². The lowest BCUT2D eigenvalue weighted by atomic mass is 10.0. The fraction of sp³-hybridized carbons (Fsp3) is 0.125. The van der Waals surface area contributed by atoms with Crippen molar-refractivity contribution in [2.24, 2.45) is 5.14 Å². The van der Waals surface area contributed by atoms with Crippen LogP contribution < -0.4 is 14.6 Å².